The van der Waals surface area contributed by atoms with Gasteiger partial charge in [-0.1, -0.05) is 0 Å². The molecule has 0 unspecified atom stereocenters. The summed E-state index contributed by atoms with van der Waals surface area (Å²) in [6.07, 6.45) is 1.93. The van der Waals surface area contributed by atoms with Gasteiger partial charge >= 0.3 is 0 Å². The van der Waals surface area contributed by atoms with Crippen LogP contribution >= 0.6 is 0 Å². The van der Waals surface area contributed by atoms with E-state index in [2.05, 4.69) is 39.3 Å². The van der Waals surface area contributed by atoms with E-state index in [1.54, 1.807) is 0 Å². The molecular weight excluding hydrogens is 250 g/mol. The standard InChI is InChI=1S/C10H29NO2Si3/c1-15(2,3)12-10(14,8-7-9-11)13-16(4,5)6/h7-9,11H2,1-6,14H3. The van der Waals surface area contributed by atoms with Crippen molar-refractivity contribution in [3.8, 4) is 0 Å². The first-order valence-corrected chi connectivity index (χ1v) is 13.9. The summed E-state index contributed by atoms with van der Waals surface area (Å²) >= 11 is 0. The summed E-state index contributed by atoms with van der Waals surface area (Å²) in [7, 11) is -2.19. The fourth-order valence-corrected chi connectivity index (χ4v) is 8.83. The second kappa shape index (κ2) is 5.92. The van der Waals surface area contributed by atoms with Gasteiger partial charge in [-0.05, 0) is 58.7 Å². The zero-order chi connectivity index (χ0) is 13.0. The van der Waals surface area contributed by atoms with Gasteiger partial charge in [-0.25, -0.2) is 0 Å². The molecule has 0 amide bonds. The summed E-state index contributed by atoms with van der Waals surface area (Å²) in [5.41, 5.74) is 5.29. The second-order valence-corrected chi connectivity index (χ2v) is 16.8. The minimum atomic E-state index is -1.55. The van der Waals surface area contributed by atoms with Gasteiger partial charge in [-0.2, -0.15) is 0 Å². The Bertz CT molecular complexity index is 195. The third kappa shape index (κ3) is 8.66. The predicted octanol–water partition coefficient (Wildman–Crippen LogP) is 1.45. The van der Waals surface area contributed by atoms with Crippen molar-refractivity contribution in [3.63, 3.8) is 0 Å². The predicted molar refractivity (Wildman–Crippen MR) is 79.8 cm³/mol. The van der Waals surface area contributed by atoms with Crippen molar-refractivity contribution in [2.45, 2.75) is 57.5 Å². The van der Waals surface area contributed by atoms with E-state index in [9.17, 15) is 0 Å². The van der Waals surface area contributed by atoms with Crippen LogP contribution in [0.2, 0.25) is 39.3 Å². The van der Waals surface area contributed by atoms with E-state index in [1.165, 1.54) is 0 Å². The van der Waals surface area contributed by atoms with Gasteiger partial charge in [0.15, 0.2) is 16.6 Å². The molecule has 0 aliphatic carbocycles. The SMILES string of the molecule is C[Si](C)(C)OC([SiH3])(CCCN)O[Si](C)(C)C. The average molecular weight is 280 g/mol. The molecule has 0 aromatic carbocycles. The highest BCUT2D eigenvalue weighted by Crippen LogP contribution is 2.25. The Morgan fingerprint density at radius 1 is 1.00 bits per heavy atom. The van der Waals surface area contributed by atoms with Crippen LogP contribution in [0.3, 0.4) is 0 Å². The fourth-order valence-electron chi connectivity index (χ4n) is 1.84. The largest absolute Gasteiger partial charge is 0.395 e. The molecule has 0 atom stereocenters. The molecule has 0 bridgehead atoms. The van der Waals surface area contributed by atoms with Crippen LogP contribution in [0.4, 0.5) is 0 Å². The van der Waals surface area contributed by atoms with Gasteiger partial charge in [0.2, 0.25) is 0 Å². The molecule has 98 valence electrons. The summed E-state index contributed by atoms with van der Waals surface area (Å²) in [5, 5.41) is 0. The van der Waals surface area contributed by atoms with Crippen LogP contribution < -0.4 is 5.73 Å². The van der Waals surface area contributed by atoms with Crippen LogP contribution in [-0.4, -0.2) is 38.8 Å². The van der Waals surface area contributed by atoms with Crippen LogP contribution in [0.25, 0.3) is 0 Å². The van der Waals surface area contributed by atoms with E-state index in [0.29, 0.717) is 6.54 Å². The minimum Gasteiger partial charge on any atom is -0.395 e. The maximum absolute atomic E-state index is 6.26. The number of nitrogens with two attached hydrogens (primary N) is 1. The summed E-state index contributed by atoms with van der Waals surface area (Å²) in [5.74, 6) is 0. The van der Waals surface area contributed by atoms with Crippen LogP contribution in [0.1, 0.15) is 12.8 Å². The molecule has 3 nitrogen and oxygen atoms in total. The summed E-state index contributed by atoms with van der Waals surface area (Å²) in [6.45, 7) is 14.0. The molecule has 0 aromatic rings. The van der Waals surface area contributed by atoms with Crippen LogP contribution in [0, 0.1) is 0 Å². The normalized spacial score (nSPS) is 14.4. The average Bonchev–Trinajstić information content (AvgIpc) is 1.93. The second-order valence-electron chi connectivity index (χ2n) is 6.45. The van der Waals surface area contributed by atoms with Crippen molar-refractivity contribution in [3.05, 3.63) is 0 Å². The highest BCUT2D eigenvalue weighted by atomic mass is 28.4. The number of rotatable bonds is 7. The molecule has 0 heterocycles. The van der Waals surface area contributed by atoms with Crippen molar-refractivity contribution in [1.82, 2.24) is 0 Å². The van der Waals surface area contributed by atoms with Gasteiger partial charge in [-0.3, -0.25) is 0 Å². The monoisotopic (exact) mass is 279 g/mol. The van der Waals surface area contributed by atoms with Gasteiger partial charge < -0.3 is 14.6 Å². The quantitative estimate of drug-likeness (QED) is 0.567. The Labute approximate surface area is 106 Å². The first-order valence-electron chi connectivity index (χ1n) is 6.08. The van der Waals surface area contributed by atoms with Gasteiger partial charge in [0.1, 0.15) is 5.41 Å². The fraction of sp³-hybridized carbons (Fsp3) is 1.00. The van der Waals surface area contributed by atoms with E-state index in [4.69, 9.17) is 14.6 Å². The molecule has 0 rings (SSSR count). The lowest BCUT2D eigenvalue weighted by Crippen LogP contribution is -2.51. The topological polar surface area (TPSA) is 44.5 Å². The third-order valence-corrected chi connectivity index (χ3v) is 5.69. The maximum Gasteiger partial charge on any atom is 0.187 e. The molecule has 0 saturated heterocycles. The van der Waals surface area contributed by atoms with Gasteiger partial charge in [0, 0.05) is 0 Å². The molecule has 0 radical (unpaired) electrons. The van der Waals surface area contributed by atoms with Crippen LogP contribution in [0.5, 0.6) is 0 Å². The Morgan fingerprint density at radius 2 is 1.38 bits per heavy atom. The van der Waals surface area contributed by atoms with Gasteiger partial charge in [0.05, 0.1) is 10.2 Å². The molecule has 0 aromatic heterocycles. The summed E-state index contributed by atoms with van der Waals surface area (Å²) in [6, 6.07) is 0. The molecule has 6 heteroatoms. The smallest absolute Gasteiger partial charge is 0.187 e. The minimum absolute atomic E-state index is 0.297. The Morgan fingerprint density at radius 3 is 1.62 bits per heavy atom. The number of hydrogen-bond acceptors (Lipinski definition) is 3. The van der Waals surface area contributed by atoms with E-state index in [0.717, 1.165) is 23.1 Å². The Kier molecular flexibility index (Phi) is 6.12. The molecular formula is C10H29NO2Si3. The van der Waals surface area contributed by atoms with Gasteiger partial charge in [0.25, 0.3) is 0 Å². The third-order valence-electron chi connectivity index (χ3n) is 1.88. The molecule has 0 aliphatic heterocycles. The lowest BCUT2D eigenvalue weighted by molar-refractivity contribution is -0.0586. The van der Waals surface area contributed by atoms with Crippen LogP contribution in [-0.2, 0) is 8.85 Å². The van der Waals surface area contributed by atoms with Crippen molar-refractivity contribution in [1.29, 1.82) is 0 Å². The zero-order valence-electron chi connectivity index (χ0n) is 12.0. The highest BCUT2D eigenvalue weighted by Gasteiger charge is 2.35. The van der Waals surface area contributed by atoms with E-state index >= 15 is 0 Å². The van der Waals surface area contributed by atoms with E-state index < -0.39 is 16.6 Å². The summed E-state index contributed by atoms with van der Waals surface area (Å²) in [4.78, 5) is 0. The molecule has 0 spiro atoms. The zero-order valence-corrected chi connectivity index (χ0v) is 16.0. The molecule has 0 fully saturated rings. The first-order chi connectivity index (χ1) is 6.97. The molecule has 0 aliphatic rings. The summed E-state index contributed by atoms with van der Waals surface area (Å²) < 4.78 is 12.5. The van der Waals surface area contributed by atoms with Crippen LogP contribution in [0.15, 0.2) is 0 Å². The molecule has 16 heavy (non-hydrogen) atoms. The number of hydrogen-bond donors (Lipinski definition) is 1. The van der Waals surface area contributed by atoms with Crippen molar-refractivity contribution < 1.29 is 8.85 Å². The van der Waals surface area contributed by atoms with Crippen molar-refractivity contribution in [2.75, 3.05) is 6.54 Å². The highest BCUT2D eigenvalue weighted by molar-refractivity contribution is 6.71. The molecule has 2 N–H and O–H groups in total. The Balaban J connectivity index is 4.61. The molecule has 0 saturated carbocycles. The maximum atomic E-state index is 6.26. The van der Waals surface area contributed by atoms with E-state index in [1.807, 2.05) is 0 Å². The first kappa shape index (κ1) is 16.5. The van der Waals surface area contributed by atoms with E-state index in [-0.39, 0.29) is 5.41 Å². The Hall–Kier alpha value is 0.531. The van der Waals surface area contributed by atoms with Gasteiger partial charge in [-0.15, -0.1) is 0 Å². The lowest BCUT2D eigenvalue weighted by Gasteiger charge is -2.41. The van der Waals surface area contributed by atoms with Crippen molar-refractivity contribution >= 4 is 26.9 Å². The lowest BCUT2D eigenvalue weighted by atomic mass is 10.3. The van der Waals surface area contributed by atoms with Crippen molar-refractivity contribution in [2.24, 2.45) is 5.73 Å².